The molecular weight excluding hydrogens is 304 g/mol. The zero-order chi connectivity index (χ0) is 17.6. The van der Waals surface area contributed by atoms with Gasteiger partial charge in [0.05, 0.1) is 6.61 Å². The molecule has 0 saturated heterocycles. The van der Waals surface area contributed by atoms with Gasteiger partial charge < -0.3 is 9.84 Å². The molecule has 2 atom stereocenters. The number of ether oxygens (including phenoxy) is 1. The molecule has 4 nitrogen and oxygen atoms in total. The highest BCUT2D eigenvalue weighted by molar-refractivity contribution is 5.83. The van der Waals surface area contributed by atoms with Crippen LogP contribution in [-0.4, -0.2) is 23.5 Å². The minimum atomic E-state index is -0.826. The molecule has 1 aliphatic rings. The number of carbonyl (C=O) groups excluding carboxylic acids is 1. The van der Waals surface area contributed by atoms with Crippen molar-refractivity contribution in [1.29, 1.82) is 0 Å². The van der Waals surface area contributed by atoms with Crippen molar-refractivity contribution in [2.24, 2.45) is 5.92 Å². The second kappa shape index (κ2) is 8.32. The predicted molar refractivity (Wildman–Crippen MR) is 93.4 cm³/mol. The third kappa shape index (κ3) is 4.37. The summed E-state index contributed by atoms with van der Waals surface area (Å²) < 4.78 is 5.64. The van der Waals surface area contributed by atoms with Crippen LogP contribution in [0.1, 0.15) is 64.4 Å². The number of hydrogen-bond acceptors (Lipinski definition) is 3. The van der Waals surface area contributed by atoms with Crippen molar-refractivity contribution < 1.29 is 19.4 Å². The van der Waals surface area contributed by atoms with Crippen LogP contribution in [0.4, 0.5) is 0 Å². The van der Waals surface area contributed by atoms with Crippen LogP contribution < -0.4 is 4.74 Å². The molecule has 4 heteroatoms. The Hall–Kier alpha value is -1.84. The summed E-state index contributed by atoms with van der Waals surface area (Å²) in [7, 11) is 0. The van der Waals surface area contributed by atoms with E-state index >= 15 is 0 Å². The average Bonchev–Trinajstić information content (AvgIpc) is 2.56. The largest absolute Gasteiger partial charge is 0.494 e. The Morgan fingerprint density at radius 3 is 2.83 bits per heavy atom. The standard InChI is InChI=1S/C20H28O4/c1-3-11-20(16-6-5-7-17(13-16)24-4-2)12-10-18(21)15(14-20)8-9-19(22)23/h5-7,13,15H,3-4,8-12,14H2,1-2H3,(H,22,23). The van der Waals surface area contributed by atoms with E-state index < -0.39 is 5.97 Å². The number of carboxylic acids is 1. The first-order valence-electron chi connectivity index (χ1n) is 8.98. The van der Waals surface area contributed by atoms with Crippen LogP contribution >= 0.6 is 0 Å². The molecule has 0 heterocycles. The fourth-order valence-corrected chi connectivity index (χ4v) is 4.01. The van der Waals surface area contributed by atoms with Crippen LogP contribution in [0.2, 0.25) is 0 Å². The van der Waals surface area contributed by atoms with Gasteiger partial charge in [-0.2, -0.15) is 0 Å². The van der Waals surface area contributed by atoms with Crippen LogP contribution in [-0.2, 0) is 15.0 Å². The first kappa shape index (κ1) is 18.5. The highest BCUT2D eigenvalue weighted by atomic mass is 16.5. The fraction of sp³-hybridized carbons (Fsp3) is 0.600. The first-order valence-corrected chi connectivity index (χ1v) is 8.98. The molecule has 0 bridgehead atoms. The molecule has 1 aromatic rings. The number of rotatable bonds is 8. The third-order valence-electron chi connectivity index (χ3n) is 5.14. The number of hydrogen-bond donors (Lipinski definition) is 1. The van der Waals surface area contributed by atoms with Gasteiger partial charge in [-0.15, -0.1) is 0 Å². The molecule has 1 aliphatic carbocycles. The summed E-state index contributed by atoms with van der Waals surface area (Å²) >= 11 is 0. The maximum absolute atomic E-state index is 12.3. The van der Waals surface area contributed by atoms with Crippen molar-refractivity contribution in [2.45, 2.75) is 64.2 Å². The maximum atomic E-state index is 12.3. The van der Waals surface area contributed by atoms with Gasteiger partial charge in [-0.3, -0.25) is 9.59 Å². The molecule has 0 amide bonds. The Balaban J connectivity index is 2.27. The van der Waals surface area contributed by atoms with E-state index in [1.807, 2.05) is 19.1 Å². The Morgan fingerprint density at radius 2 is 2.17 bits per heavy atom. The van der Waals surface area contributed by atoms with Crippen molar-refractivity contribution in [3.63, 3.8) is 0 Å². The summed E-state index contributed by atoms with van der Waals surface area (Å²) in [6, 6.07) is 8.20. The summed E-state index contributed by atoms with van der Waals surface area (Å²) in [5.74, 6) is 0.123. The quantitative estimate of drug-likeness (QED) is 0.768. The Kier molecular flexibility index (Phi) is 6.41. The van der Waals surface area contributed by atoms with Gasteiger partial charge in [0.25, 0.3) is 0 Å². The van der Waals surface area contributed by atoms with Gasteiger partial charge in [0.15, 0.2) is 0 Å². The SMILES string of the molecule is CCCC1(c2cccc(OCC)c2)CCC(=O)C(CCC(=O)O)C1. The van der Waals surface area contributed by atoms with Crippen LogP contribution in [0.15, 0.2) is 24.3 Å². The van der Waals surface area contributed by atoms with Crippen LogP contribution in [0.3, 0.4) is 0 Å². The number of ketones is 1. The Labute approximate surface area is 144 Å². The second-order valence-electron chi connectivity index (χ2n) is 6.79. The number of benzene rings is 1. The van der Waals surface area contributed by atoms with Gasteiger partial charge in [0.1, 0.15) is 11.5 Å². The minimum Gasteiger partial charge on any atom is -0.494 e. The lowest BCUT2D eigenvalue weighted by molar-refractivity contribution is -0.137. The molecule has 1 fully saturated rings. The van der Waals surface area contributed by atoms with Gasteiger partial charge in [-0.05, 0) is 55.7 Å². The van der Waals surface area contributed by atoms with Crippen molar-refractivity contribution in [3.8, 4) is 5.75 Å². The molecule has 1 saturated carbocycles. The molecular formula is C20H28O4. The highest BCUT2D eigenvalue weighted by Crippen LogP contribution is 2.46. The summed E-state index contributed by atoms with van der Waals surface area (Å²) in [6.07, 6.45) is 4.71. The molecule has 0 aromatic heterocycles. The van der Waals surface area contributed by atoms with E-state index in [2.05, 4.69) is 19.1 Å². The first-order chi connectivity index (χ1) is 11.5. The summed E-state index contributed by atoms with van der Waals surface area (Å²) in [4.78, 5) is 23.2. The topological polar surface area (TPSA) is 63.6 Å². The molecule has 132 valence electrons. The van der Waals surface area contributed by atoms with E-state index in [-0.39, 0.29) is 23.5 Å². The van der Waals surface area contributed by atoms with Crippen molar-refractivity contribution in [1.82, 2.24) is 0 Å². The number of aliphatic carboxylic acids is 1. The van der Waals surface area contributed by atoms with Gasteiger partial charge in [-0.25, -0.2) is 0 Å². The highest BCUT2D eigenvalue weighted by Gasteiger charge is 2.40. The zero-order valence-electron chi connectivity index (χ0n) is 14.7. The molecule has 1 N–H and O–H groups in total. The smallest absolute Gasteiger partial charge is 0.303 e. The lowest BCUT2D eigenvalue weighted by atomic mass is 9.62. The summed E-state index contributed by atoms with van der Waals surface area (Å²) in [5.41, 5.74) is 1.18. The summed E-state index contributed by atoms with van der Waals surface area (Å²) in [5, 5.41) is 8.95. The van der Waals surface area contributed by atoms with Crippen molar-refractivity contribution in [2.75, 3.05) is 6.61 Å². The van der Waals surface area contributed by atoms with Crippen molar-refractivity contribution in [3.05, 3.63) is 29.8 Å². The molecule has 2 unspecified atom stereocenters. The van der Waals surface area contributed by atoms with E-state index in [1.54, 1.807) is 0 Å². The molecule has 2 rings (SSSR count). The second-order valence-corrected chi connectivity index (χ2v) is 6.79. The molecule has 24 heavy (non-hydrogen) atoms. The third-order valence-corrected chi connectivity index (χ3v) is 5.14. The van der Waals surface area contributed by atoms with E-state index in [9.17, 15) is 9.59 Å². The Morgan fingerprint density at radius 1 is 1.38 bits per heavy atom. The van der Waals surface area contributed by atoms with Gasteiger partial charge in [0.2, 0.25) is 0 Å². The molecule has 0 radical (unpaired) electrons. The molecule has 0 spiro atoms. The van der Waals surface area contributed by atoms with Crippen LogP contribution in [0.5, 0.6) is 5.75 Å². The number of carbonyl (C=O) groups is 2. The lowest BCUT2D eigenvalue weighted by Gasteiger charge is -2.41. The van der Waals surface area contributed by atoms with Crippen molar-refractivity contribution >= 4 is 11.8 Å². The number of Topliss-reactive ketones (excluding diaryl/α,β-unsaturated/α-hetero) is 1. The molecule has 0 aliphatic heterocycles. The Bertz CT molecular complexity index is 581. The van der Waals surface area contributed by atoms with Crippen LogP contribution in [0, 0.1) is 5.92 Å². The van der Waals surface area contributed by atoms with E-state index in [1.165, 1.54) is 5.56 Å². The fourth-order valence-electron chi connectivity index (χ4n) is 4.01. The lowest BCUT2D eigenvalue weighted by Crippen LogP contribution is -2.37. The zero-order valence-corrected chi connectivity index (χ0v) is 14.7. The maximum Gasteiger partial charge on any atom is 0.303 e. The predicted octanol–water partition coefficient (Wildman–Crippen LogP) is 4.36. The van der Waals surface area contributed by atoms with Gasteiger partial charge >= 0.3 is 5.97 Å². The van der Waals surface area contributed by atoms with Crippen LogP contribution in [0.25, 0.3) is 0 Å². The summed E-state index contributed by atoms with van der Waals surface area (Å²) in [6.45, 7) is 4.76. The normalized spacial score (nSPS) is 23.9. The van der Waals surface area contributed by atoms with Gasteiger partial charge in [-0.1, -0.05) is 25.5 Å². The molecule has 1 aromatic carbocycles. The van der Waals surface area contributed by atoms with Gasteiger partial charge in [0, 0.05) is 18.8 Å². The van der Waals surface area contributed by atoms with E-state index in [4.69, 9.17) is 9.84 Å². The number of carboxylic acid groups (broad SMARTS) is 1. The van der Waals surface area contributed by atoms with E-state index in [0.717, 1.165) is 31.4 Å². The van der Waals surface area contributed by atoms with E-state index in [0.29, 0.717) is 19.4 Å². The average molecular weight is 332 g/mol. The minimum absolute atomic E-state index is 0.0427. The monoisotopic (exact) mass is 332 g/mol.